The van der Waals surface area contributed by atoms with Crippen LogP contribution in [-0.4, -0.2) is 24.8 Å². The molecule has 4 rings (SSSR count). The number of benzene rings is 3. The second-order valence-corrected chi connectivity index (χ2v) is 7.50. The molecule has 6 heteroatoms. The van der Waals surface area contributed by atoms with Gasteiger partial charge in [-0.2, -0.15) is 0 Å². The van der Waals surface area contributed by atoms with Crippen LogP contribution in [0.5, 0.6) is 5.75 Å². The van der Waals surface area contributed by atoms with E-state index in [1.807, 2.05) is 38.1 Å². The number of amides is 3. The number of nitrogens with zero attached hydrogens (tertiary/aromatic N) is 1. The van der Waals surface area contributed by atoms with Crippen molar-refractivity contribution in [1.82, 2.24) is 0 Å². The largest absolute Gasteiger partial charge is 0.497 e. The zero-order valence-corrected chi connectivity index (χ0v) is 17.6. The van der Waals surface area contributed by atoms with Crippen LogP contribution in [0, 0.1) is 13.8 Å². The van der Waals surface area contributed by atoms with Crippen LogP contribution in [0.25, 0.3) is 0 Å². The number of hydrogen-bond acceptors (Lipinski definition) is 4. The molecule has 0 atom stereocenters. The number of carbonyl (C=O) groups excluding carboxylic acids is 3. The maximum absolute atomic E-state index is 13.0. The van der Waals surface area contributed by atoms with Gasteiger partial charge in [0.05, 0.1) is 30.3 Å². The summed E-state index contributed by atoms with van der Waals surface area (Å²) >= 11 is 0. The van der Waals surface area contributed by atoms with Crippen molar-refractivity contribution in [3.63, 3.8) is 0 Å². The SMILES string of the molecule is COc1ccc(CC(=O)Nc2ccc3c(c2)C(=O)N(c2cccc(C)c2C)C3=O)cc1. The van der Waals surface area contributed by atoms with Gasteiger partial charge in [0.1, 0.15) is 5.75 Å². The second kappa shape index (κ2) is 8.07. The molecule has 0 saturated carbocycles. The standard InChI is InChI=1S/C25H22N2O4/c1-15-5-4-6-22(16(15)2)27-24(29)20-12-9-18(14-21(20)25(27)30)26-23(28)13-17-7-10-19(31-3)11-8-17/h4-12,14H,13H2,1-3H3,(H,26,28). The number of ether oxygens (including phenoxy) is 1. The van der Waals surface area contributed by atoms with Crippen LogP contribution in [0.3, 0.4) is 0 Å². The molecule has 0 aliphatic carbocycles. The lowest BCUT2D eigenvalue weighted by molar-refractivity contribution is -0.115. The topological polar surface area (TPSA) is 75.7 Å². The highest BCUT2D eigenvalue weighted by Gasteiger charge is 2.37. The van der Waals surface area contributed by atoms with Crippen LogP contribution >= 0.6 is 0 Å². The normalized spacial score (nSPS) is 12.7. The summed E-state index contributed by atoms with van der Waals surface area (Å²) in [7, 11) is 1.59. The van der Waals surface area contributed by atoms with Gasteiger partial charge in [-0.25, -0.2) is 4.90 Å². The highest BCUT2D eigenvalue weighted by atomic mass is 16.5. The molecule has 3 aromatic carbocycles. The minimum Gasteiger partial charge on any atom is -0.497 e. The molecule has 31 heavy (non-hydrogen) atoms. The highest BCUT2D eigenvalue weighted by Crippen LogP contribution is 2.33. The fourth-order valence-corrected chi connectivity index (χ4v) is 3.65. The van der Waals surface area contributed by atoms with Crippen LogP contribution in [-0.2, 0) is 11.2 Å². The van der Waals surface area contributed by atoms with Crippen molar-refractivity contribution in [2.24, 2.45) is 0 Å². The molecule has 0 fully saturated rings. The molecule has 3 amide bonds. The number of methoxy groups -OCH3 is 1. The lowest BCUT2D eigenvalue weighted by Gasteiger charge is -2.17. The fourth-order valence-electron chi connectivity index (χ4n) is 3.65. The quantitative estimate of drug-likeness (QED) is 0.632. The molecule has 6 nitrogen and oxygen atoms in total. The van der Waals surface area contributed by atoms with Crippen molar-refractivity contribution < 1.29 is 19.1 Å². The number of carbonyl (C=O) groups is 3. The number of hydrogen-bond donors (Lipinski definition) is 1. The second-order valence-electron chi connectivity index (χ2n) is 7.50. The van der Waals surface area contributed by atoms with E-state index in [1.54, 1.807) is 43.5 Å². The van der Waals surface area contributed by atoms with Crippen LogP contribution in [0.15, 0.2) is 60.7 Å². The number of aryl methyl sites for hydroxylation is 1. The van der Waals surface area contributed by atoms with Crippen molar-refractivity contribution >= 4 is 29.1 Å². The number of rotatable bonds is 5. The third-order valence-corrected chi connectivity index (χ3v) is 5.51. The van der Waals surface area contributed by atoms with E-state index >= 15 is 0 Å². The molecule has 3 aromatic rings. The molecule has 0 unspecified atom stereocenters. The zero-order chi connectivity index (χ0) is 22.1. The van der Waals surface area contributed by atoms with Crippen LogP contribution in [0.1, 0.15) is 37.4 Å². The average Bonchev–Trinajstić information content (AvgIpc) is 3.00. The van der Waals surface area contributed by atoms with Crippen LogP contribution in [0.4, 0.5) is 11.4 Å². The Labute approximate surface area is 180 Å². The molecule has 0 radical (unpaired) electrons. The first-order valence-corrected chi connectivity index (χ1v) is 9.91. The van der Waals surface area contributed by atoms with Gasteiger partial charge in [0.25, 0.3) is 11.8 Å². The van der Waals surface area contributed by atoms with E-state index in [2.05, 4.69) is 5.32 Å². The minimum atomic E-state index is -0.389. The highest BCUT2D eigenvalue weighted by molar-refractivity contribution is 6.35. The summed E-state index contributed by atoms with van der Waals surface area (Å²) in [4.78, 5) is 39.6. The van der Waals surface area contributed by atoms with Crippen molar-refractivity contribution in [3.05, 3.63) is 88.5 Å². The van der Waals surface area contributed by atoms with Crippen molar-refractivity contribution in [3.8, 4) is 5.75 Å². The van der Waals surface area contributed by atoms with E-state index in [1.165, 1.54) is 4.90 Å². The maximum atomic E-state index is 13.0. The monoisotopic (exact) mass is 414 g/mol. The molecule has 156 valence electrons. The summed E-state index contributed by atoms with van der Waals surface area (Å²) in [5.41, 5.74) is 4.39. The smallest absolute Gasteiger partial charge is 0.266 e. The first-order chi connectivity index (χ1) is 14.9. The predicted octanol–water partition coefficient (Wildman–Crippen LogP) is 4.29. The van der Waals surface area contributed by atoms with Crippen LogP contribution in [0.2, 0.25) is 0 Å². The molecule has 0 bridgehead atoms. The lowest BCUT2D eigenvalue weighted by Crippen LogP contribution is -2.30. The predicted molar refractivity (Wildman–Crippen MR) is 119 cm³/mol. The fraction of sp³-hybridized carbons (Fsp3) is 0.160. The van der Waals surface area contributed by atoms with Crippen LogP contribution < -0.4 is 15.0 Å². The molecule has 0 saturated heterocycles. The molecule has 1 N–H and O–H groups in total. The molecule has 1 heterocycles. The Balaban J connectivity index is 1.54. The van der Waals surface area contributed by atoms with E-state index in [0.717, 1.165) is 22.4 Å². The van der Waals surface area contributed by atoms with Gasteiger partial charge in [-0.3, -0.25) is 14.4 Å². The Morgan fingerprint density at radius 2 is 1.65 bits per heavy atom. The summed E-state index contributed by atoms with van der Waals surface area (Å²) in [6.07, 6.45) is 0.183. The minimum absolute atomic E-state index is 0.183. The summed E-state index contributed by atoms with van der Waals surface area (Å²) < 4.78 is 5.12. The summed E-state index contributed by atoms with van der Waals surface area (Å²) in [5, 5.41) is 2.81. The van der Waals surface area contributed by atoms with Crippen molar-refractivity contribution in [2.75, 3.05) is 17.3 Å². The Morgan fingerprint density at radius 1 is 0.935 bits per heavy atom. The van der Waals surface area contributed by atoms with E-state index < -0.39 is 0 Å². The van der Waals surface area contributed by atoms with Gasteiger partial charge in [-0.1, -0.05) is 24.3 Å². The summed E-state index contributed by atoms with van der Waals surface area (Å²) in [5.74, 6) is -0.239. The van der Waals surface area contributed by atoms with Gasteiger partial charge in [0.15, 0.2) is 0 Å². The molecule has 0 aromatic heterocycles. The summed E-state index contributed by atoms with van der Waals surface area (Å²) in [6, 6.07) is 17.6. The van der Waals surface area contributed by atoms with E-state index in [9.17, 15) is 14.4 Å². The molecule has 1 aliphatic rings. The summed E-state index contributed by atoms with van der Waals surface area (Å²) in [6.45, 7) is 3.83. The van der Waals surface area contributed by atoms with Gasteiger partial charge < -0.3 is 10.1 Å². The van der Waals surface area contributed by atoms with Gasteiger partial charge >= 0.3 is 0 Å². The third kappa shape index (κ3) is 3.80. The average molecular weight is 414 g/mol. The van der Waals surface area contributed by atoms with Gasteiger partial charge in [-0.15, -0.1) is 0 Å². The first kappa shape index (κ1) is 20.3. The number of nitrogens with one attached hydrogen (secondary N) is 1. The Kier molecular flexibility index (Phi) is 5.29. The Bertz CT molecular complexity index is 1200. The van der Waals surface area contributed by atoms with Gasteiger partial charge in [0, 0.05) is 5.69 Å². The molecular weight excluding hydrogens is 392 g/mol. The molecular formula is C25H22N2O4. The third-order valence-electron chi connectivity index (χ3n) is 5.51. The van der Waals surface area contributed by atoms with E-state index in [-0.39, 0.29) is 29.7 Å². The van der Waals surface area contributed by atoms with Gasteiger partial charge in [-0.05, 0) is 66.9 Å². The van der Waals surface area contributed by atoms with E-state index in [0.29, 0.717) is 16.9 Å². The lowest BCUT2D eigenvalue weighted by atomic mass is 10.1. The Morgan fingerprint density at radius 3 is 2.35 bits per heavy atom. The number of anilines is 2. The Hall–Kier alpha value is -3.93. The first-order valence-electron chi connectivity index (χ1n) is 9.91. The molecule has 0 spiro atoms. The van der Waals surface area contributed by atoms with Crippen molar-refractivity contribution in [2.45, 2.75) is 20.3 Å². The van der Waals surface area contributed by atoms with Gasteiger partial charge in [0.2, 0.25) is 5.91 Å². The molecule has 1 aliphatic heterocycles. The maximum Gasteiger partial charge on any atom is 0.266 e. The van der Waals surface area contributed by atoms with E-state index in [4.69, 9.17) is 4.74 Å². The van der Waals surface area contributed by atoms with Crippen molar-refractivity contribution in [1.29, 1.82) is 0 Å². The number of fused-ring (bicyclic) bond motifs is 1. The number of imide groups is 1. The zero-order valence-electron chi connectivity index (χ0n) is 17.6.